The van der Waals surface area contributed by atoms with Crippen LogP contribution in [-0.4, -0.2) is 25.1 Å². The third-order valence-corrected chi connectivity index (χ3v) is 7.32. The van der Waals surface area contributed by atoms with E-state index < -0.39 is 8.07 Å². The maximum atomic E-state index is 2.69. The first-order chi connectivity index (χ1) is 8.29. The van der Waals surface area contributed by atoms with Crippen molar-refractivity contribution in [2.45, 2.75) is 57.5 Å². The van der Waals surface area contributed by atoms with Crippen molar-refractivity contribution < 1.29 is 0 Å². The van der Waals surface area contributed by atoms with Crippen LogP contribution in [0.2, 0.25) is 25.2 Å². The average Bonchev–Trinajstić information content (AvgIpc) is 2.56. The summed E-state index contributed by atoms with van der Waals surface area (Å²) in [6, 6.07) is 10.9. The molecule has 0 saturated carbocycles. The zero-order valence-electron chi connectivity index (χ0n) is 12.9. The van der Waals surface area contributed by atoms with Gasteiger partial charge in [0.25, 0.3) is 0 Å². The maximum Gasteiger partial charge on any atom is 0.0488 e. The molecule has 0 radical (unpaired) electrons. The molecule has 0 aliphatic carbocycles. The van der Waals surface area contributed by atoms with Crippen molar-refractivity contribution in [2.24, 2.45) is 0 Å². The summed E-state index contributed by atoms with van der Waals surface area (Å²) >= 11 is 0. The van der Waals surface area contributed by atoms with E-state index in [1.54, 1.807) is 0 Å². The summed E-state index contributed by atoms with van der Waals surface area (Å²) < 4.78 is 0. The number of halogens is 1. The van der Waals surface area contributed by atoms with Crippen LogP contribution in [0.15, 0.2) is 30.3 Å². The highest BCUT2D eigenvalue weighted by Crippen LogP contribution is 2.42. The Balaban J connectivity index is 0.00000180. The van der Waals surface area contributed by atoms with Gasteiger partial charge in [-0.1, -0.05) is 50.0 Å². The first kappa shape index (κ1) is 16.7. The van der Waals surface area contributed by atoms with E-state index in [-0.39, 0.29) is 12.4 Å². The van der Waals surface area contributed by atoms with Crippen molar-refractivity contribution in [2.75, 3.05) is 6.54 Å². The minimum atomic E-state index is -1.01. The molecule has 1 fully saturated rings. The van der Waals surface area contributed by atoms with E-state index in [0.717, 1.165) is 12.1 Å². The van der Waals surface area contributed by atoms with Gasteiger partial charge in [0.05, 0.1) is 0 Å². The summed E-state index contributed by atoms with van der Waals surface area (Å²) in [6.45, 7) is 14.8. The lowest BCUT2D eigenvalue weighted by atomic mass is 10.0. The van der Waals surface area contributed by atoms with E-state index in [9.17, 15) is 0 Å². The Morgan fingerprint density at radius 3 is 2.21 bits per heavy atom. The number of hydrogen-bond donors (Lipinski definition) is 0. The van der Waals surface area contributed by atoms with E-state index in [4.69, 9.17) is 0 Å². The second kappa shape index (κ2) is 5.98. The molecule has 0 N–H and O–H groups in total. The molecule has 1 nitrogen and oxygen atoms in total. The molecule has 1 aliphatic heterocycles. The van der Waals surface area contributed by atoms with Gasteiger partial charge >= 0.3 is 0 Å². The second-order valence-electron chi connectivity index (χ2n) is 7.45. The average molecular weight is 298 g/mol. The fourth-order valence-corrected chi connectivity index (χ4v) is 4.85. The van der Waals surface area contributed by atoms with Gasteiger partial charge in [0.2, 0.25) is 0 Å². The predicted octanol–water partition coefficient (Wildman–Crippen LogP) is 4.80. The Morgan fingerprint density at radius 2 is 1.74 bits per heavy atom. The Kier molecular flexibility index (Phi) is 5.27. The zero-order valence-corrected chi connectivity index (χ0v) is 14.8. The SMILES string of the molecule is CC1(C)CC([Si](C)(C)C)CN1Cc1ccccc1.Cl. The lowest BCUT2D eigenvalue weighted by Crippen LogP contribution is -2.37. The predicted molar refractivity (Wildman–Crippen MR) is 89.9 cm³/mol. The molecule has 0 aromatic heterocycles. The largest absolute Gasteiger partial charge is 0.294 e. The van der Waals surface area contributed by atoms with Crippen molar-refractivity contribution in [1.29, 1.82) is 0 Å². The fourth-order valence-electron chi connectivity index (χ4n) is 2.97. The van der Waals surface area contributed by atoms with Crippen LogP contribution in [0.3, 0.4) is 0 Å². The molecule has 2 rings (SSSR count). The Labute approximate surface area is 125 Å². The standard InChI is InChI=1S/C16H27NSi.ClH/c1-16(2)11-15(18(3,4)5)13-17(16)12-14-9-7-6-8-10-14;/h6-10,15H,11-13H2,1-5H3;1H. The fraction of sp³-hybridized carbons (Fsp3) is 0.625. The van der Waals surface area contributed by atoms with E-state index in [1.165, 1.54) is 18.5 Å². The van der Waals surface area contributed by atoms with Crippen LogP contribution in [0.1, 0.15) is 25.8 Å². The van der Waals surface area contributed by atoms with Gasteiger partial charge in [-0.15, -0.1) is 12.4 Å². The van der Waals surface area contributed by atoms with Gasteiger partial charge in [-0.2, -0.15) is 0 Å². The molecule has 1 unspecified atom stereocenters. The van der Waals surface area contributed by atoms with Crippen molar-refractivity contribution >= 4 is 20.5 Å². The van der Waals surface area contributed by atoms with Crippen LogP contribution in [-0.2, 0) is 6.54 Å². The van der Waals surface area contributed by atoms with Gasteiger partial charge in [-0.05, 0) is 37.9 Å². The minimum Gasteiger partial charge on any atom is -0.294 e. The molecular formula is C16H28ClNSi. The number of nitrogens with zero attached hydrogens (tertiary/aromatic N) is 1. The summed E-state index contributed by atoms with van der Waals surface area (Å²) in [6.07, 6.45) is 1.37. The smallest absolute Gasteiger partial charge is 0.0488 e. The number of benzene rings is 1. The molecule has 1 aromatic carbocycles. The van der Waals surface area contributed by atoms with Gasteiger partial charge in [0.1, 0.15) is 0 Å². The van der Waals surface area contributed by atoms with Crippen molar-refractivity contribution in [1.82, 2.24) is 4.90 Å². The molecule has 1 aliphatic rings. The number of hydrogen-bond acceptors (Lipinski definition) is 1. The van der Waals surface area contributed by atoms with Gasteiger partial charge < -0.3 is 0 Å². The summed E-state index contributed by atoms with van der Waals surface area (Å²) in [4.78, 5) is 2.69. The molecule has 1 atom stereocenters. The van der Waals surface area contributed by atoms with Crippen molar-refractivity contribution in [3.8, 4) is 0 Å². The van der Waals surface area contributed by atoms with Crippen LogP contribution >= 0.6 is 12.4 Å². The van der Waals surface area contributed by atoms with Crippen molar-refractivity contribution in [3.05, 3.63) is 35.9 Å². The molecule has 1 saturated heterocycles. The summed E-state index contributed by atoms with van der Waals surface area (Å²) in [5.74, 6) is 0. The van der Waals surface area contributed by atoms with Gasteiger partial charge in [0.15, 0.2) is 0 Å². The quantitative estimate of drug-likeness (QED) is 0.724. The lowest BCUT2D eigenvalue weighted by molar-refractivity contribution is 0.166. The van der Waals surface area contributed by atoms with E-state index in [2.05, 4.69) is 68.7 Å². The molecule has 108 valence electrons. The Hall–Kier alpha value is -0.313. The number of rotatable bonds is 3. The molecular weight excluding hydrogens is 270 g/mol. The molecule has 1 heterocycles. The third-order valence-electron chi connectivity index (χ3n) is 4.48. The molecule has 1 aromatic rings. The summed E-state index contributed by atoms with van der Waals surface area (Å²) in [5, 5.41) is 0. The van der Waals surface area contributed by atoms with Crippen LogP contribution in [0.25, 0.3) is 0 Å². The van der Waals surface area contributed by atoms with Crippen LogP contribution in [0.5, 0.6) is 0 Å². The van der Waals surface area contributed by atoms with Crippen LogP contribution < -0.4 is 0 Å². The zero-order chi connectivity index (χ0) is 13.4. The van der Waals surface area contributed by atoms with Crippen LogP contribution in [0.4, 0.5) is 0 Å². The highest BCUT2D eigenvalue weighted by atomic mass is 35.5. The third kappa shape index (κ3) is 4.07. The Bertz CT molecular complexity index is 397. The Morgan fingerprint density at radius 1 is 1.16 bits per heavy atom. The second-order valence-corrected chi connectivity index (χ2v) is 13.0. The monoisotopic (exact) mass is 297 g/mol. The van der Waals surface area contributed by atoms with Gasteiger partial charge in [0, 0.05) is 20.2 Å². The first-order valence-electron chi connectivity index (χ1n) is 7.08. The molecule has 19 heavy (non-hydrogen) atoms. The van der Waals surface area contributed by atoms with Gasteiger partial charge in [-0.25, -0.2) is 0 Å². The molecule has 0 amide bonds. The number of likely N-dealkylation sites (tertiary alicyclic amines) is 1. The van der Waals surface area contributed by atoms with Crippen LogP contribution in [0, 0.1) is 0 Å². The normalized spacial score (nSPS) is 23.1. The highest BCUT2D eigenvalue weighted by Gasteiger charge is 2.43. The lowest BCUT2D eigenvalue weighted by Gasteiger charge is -2.31. The molecule has 0 bridgehead atoms. The summed E-state index contributed by atoms with van der Waals surface area (Å²) in [7, 11) is -1.01. The molecule has 0 spiro atoms. The first-order valence-corrected chi connectivity index (χ1v) is 10.7. The minimum absolute atomic E-state index is 0. The van der Waals surface area contributed by atoms with Gasteiger partial charge in [-0.3, -0.25) is 4.90 Å². The topological polar surface area (TPSA) is 3.24 Å². The summed E-state index contributed by atoms with van der Waals surface area (Å²) in [5.41, 5.74) is 2.75. The van der Waals surface area contributed by atoms with Crippen molar-refractivity contribution in [3.63, 3.8) is 0 Å². The van der Waals surface area contributed by atoms with E-state index in [0.29, 0.717) is 5.54 Å². The van der Waals surface area contributed by atoms with E-state index in [1.807, 2.05) is 0 Å². The maximum absolute atomic E-state index is 2.69. The highest BCUT2D eigenvalue weighted by molar-refractivity contribution is 6.77. The molecule has 3 heteroatoms. The van der Waals surface area contributed by atoms with E-state index >= 15 is 0 Å².